The van der Waals surface area contributed by atoms with E-state index >= 15 is 0 Å². The highest BCUT2D eigenvalue weighted by Crippen LogP contribution is 2.13. The van der Waals surface area contributed by atoms with E-state index in [1.165, 1.54) is 0 Å². The van der Waals surface area contributed by atoms with Crippen LogP contribution in [0.2, 0.25) is 0 Å². The molecule has 0 aromatic heterocycles. The highest BCUT2D eigenvalue weighted by atomic mass is 16.4. The summed E-state index contributed by atoms with van der Waals surface area (Å²) in [5, 5.41) is 11.5. The Morgan fingerprint density at radius 1 is 1.14 bits per heavy atom. The van der Waals surface area contributed by atoms with Crippen LogP contribution in [0.15, 0.2) is 0 Å². The maximum absolute atomic E-state index is 11.9. The first-order valence-corrected chi connectivity index (χ1v) is 7.73. The van der Waals surface area contributed by atoms with Gasteiger partial charge in [-0.2, -0.15) is 0 Å². The number of carbonyl (C=O) groups is 3. The standard InChI is InChI=1S/C13H24N2O4.C2H6/c1-3-5-6-9(4-2)12(17)15-10(13(18)19)7-8-11(14)16;1-2/h9-10H,3-8H2,1-2H3,(H2,14,16)(H,15,17)(H,18,19);1-2H3. The minimum Gasteiger partial charge on any atom is -0.480 e. The normalized spacial score (nSPS) is 12.6. The Bertz CT molecular complexity index is 319. The Labute approximate surface area is 127 Å². The van der Waals surface area contributed by atoms with Crippen LogP contribution in [0.4, 0.5) is 0 Å². The van der Waals surface area contributed by atoms with Crippen LogP contribution in [0.5, 0.6) is 0 Å². The quantitative estimate of drug-likeness (QED) is 0.573. The van der Waals surface area contributed by atoms with Gasteiger partial charge >= 0.3 is 5.97 Å². The molecule has 0 heterocycles. The van der Waals surface area contributed by atoms with Gasteiger partial charge in [-0.1, -0.05) is 40.5 Å². The van der Waals surface area contributed by atoms with Gasteiger partial charge in [0.1, 0.15) is 6.04 Å². The summed E-state index contributed by atoms with van der Waals surface area (Å²) in [5.74, 6) is -2.14. The van der Waals surface area contributed by atoms with E-state index in [4.69, 9.17) is 10.8 Å². The number of hydrogen-bond donors (Lipinski definition) is 3. The lowest BCUT2D eigenvalue weighted by Gasteiger charge is -2.19. The van der Waals surface area contributed by atoms with E-state index in [-0.39, 0.29) is 24.7 Å². The monoisotopic (exact) mass is 302 g/mol. The zero-order valence-electron chi connectivity index (χ0n) is 13.6. The maximum atomic E-state index is 11.9. The molecule has 0 radical (unpaired) electrons. The van der Waals surface area contributed by atoms with E-state index in [1.807, 2.05) is 27.7 Å². The number of rotatable bonds is 10. The largest absolute Gasteiger partial charge is 0.480 e. The Hall–Kier alpha value is -1.59. The zero-order chi connectivity index (χ0) is 16.8. The van der Waals surface area contributed by atoms with E-state index in [0.717, 1.165) is 19.3 Å². The number of carbonyl (C=O) groups excluding carboxylic acids is 2. The molecular formula is C15H30N2O4. The molecule has 0 fully saturated rings. The first kappa shape index (κ1) is 21.7. The Balaban J connectivity index is 0. The van der Waals surface area contributed by atoms with E-state index in [0.29, 0.717) is 6.42 Å². The summed E-state index contributed by atoms with van der Waals surface area (Å²) in [6, 6.07) is -1.05. The van der Waals surface area contributed by atoms with Crippen molar-refractivity contribution in [2.75, 3.05) is 0 Å². The van der Waals surface area contributed by atoms with Gasteiger partial charge in [0.2, 0.25) is 11.8 Å². The number of nitrogens with two attached hydrogens (primary N) is 1. The van der Waals surface area contributed by atoms with Gasteiger partial charge in [0.05, 0.1) is 0 Å². The average molecular weight is 302 g/mol. The van der Waals surface area contributed by atoms with Crippen LogP contribution >= 0.6 is 0 Å². The molecule has 0 spiro atoms. The van der Waals surface area contributed by atoms with Crippen molar-refractivity contribution in [3.05, 3.63) is 0 Å². The van der Waals surface area contributed by atoms with Crippen LogP contribution in [-0.2, 0) is 14.4 Å². The van der Waals surface area contributed by atoms with Gasteiger partial charge in [-0.3, -0.25) is 9.59 Å². The molecule has 0 aliphatic rings. The van der Waals surface area contributed by atoms with Crippen molar-refractivity contribution in [2.24, 2.45) is 11.7 Å². The smallest absolute Gasteiger partial charge is 0.326 e. The van der Waals surface area contributed by atoms with Crippen LogP contribution < -0.4 is 11.1 Å². The molecule has 0 rings (SSSR count). The summed E-state index contributed by atoms with van der Waals surface area (Å²) in [5.41, 5.74) is 4.98. The Kier molecular flexibility index (Phi) is 13.8. The molecule has 6 nitrogen and oxygen atoms in total. The lowest BCUT2D eigenvalue weighted by molar-refractivity contribution is -0.142. The second-order valence-electron chi connectivity index (χ2n) is 4.65. The van der Waals surface area contributed by atoms with Gasteiger partial charge in [0.25, 0.3) is 0 Å². The van der Waals surface area contributed by atoms with Gasteiger partial charge in [0, 0.05) is 12.3 Å². The summed E-state index contributed by atoms with van der Waals surface area (Å²) < 4.78 is 0. The number of carboxylic acids is 1. The lowest BCUT2D eigenvalue weighted by atomic mass is 9.97. The molecule has 0 aromatic rings. The molecule has 0 aliphatic carbocycles. The SMILES string of the molecule is CC.CCCCC(CC)C(=O)NC(CCC(N)=O)C(=O)O. The summed E-state index contributed by atoms with van der Waals surface area (Å²) in [6.07, 6.45) is 3.33. The molecule has 2 amide bonds. The summed E-state index contributed by atoms with van der Waals surface area (Å²) >= 11 is 0. The fraction of sp³-hybridized carbons (Fsp3) is 0.800. The molecule has 21 heavy (non-hydrogen) atoms. The van der Waals surface area contributed by atoms with Crippen LogP contribution in [0, 0.1) is 5.92 Å². The number of aliphatic carboxylic acids is 1. The molecule has 124 valence electrons. The highest BCUT2D eigenvalue weighted by molar-refractivity contribution is 5.85. The summed E-state index contributed by atoms with van der Waals surface area (Å²) in [6.45, 7) is 7.94. The first-order chi connectivity index (χ1) is 9.92. The molecule has 0 saturated carbocycles. The molecule has 0 aliphatic heterocycles. The van der Waals surface area contributed by atoms with Crippen molar-refractivity contribution >= 4 is 17.8 Å². The van der Waals surface area contributed by atoms with Crippen molar-refractivity contribution in [2.45, 2.75) is 72.3 Å². The van der Waals surface area contributed by atoms with Gasteiger partial charge in [-0.15, -0.1) is 0 Å². The fourth-order valence-corrected chi connectivity index (χ4v) is 1.80. The minimum absolute atomic E-state index is 0.0284. The van der Waals surface area contributed by atoms with Crippen molar-refractivity contribution in [3.8, 4) is 0 Å². The van der Waals surface area contributed by atoms with Crippen LogP contribution in [0.3, 0.4) is 0 Å². The van der Waals surface area contributed by atoms with Crippen molar-refractivity contribution < 1.29 is 19.5 Å². The molecule has 0 saturated heterocycles. The molecule has 2 unspecified atom stereocenters. The minimum atomic E-state index is -1.14. The van der Waals surface area contributed by atoms with E-state index < -0.39 is 17.9 Å². The topological polar surface area (TPSA) is 109 Å². The van der Waals surface area contributed by atoms with Crippen LogP contribution in [0.25, 0.3) is 0 Å². The molecular weight excluding hydrogens is 272 g/mol. The third-order valence-corrected chi connectivity index (χ3v) is 3.06. The highest BCUT2D eigenvalue weighted by Gasteiger charge is 2.24. The van der Waals surface area contributed by atoms with Crippen molar-refractivity contribution in [3.63, 3.8) is 0 Å². The van der Waals surface area contributed by atoms with E-state index in [9.17, 15) is 14.4 Å². The van der Waals surface area contributed by atoms with Gasteiger partial charge in [-0.25, -0.2) is 4.79 Å². The van der Waals surface area contributed by atoms with Crippen molar-refractivity contribution in [1.29, 1.82) is 0 Å². The number of hydrogen-bond acceptors (Lipinski definition) is 3. The van der Waals surface area contributed by atoms with Crippen molar-refractivity contribution in [1.82, 2.24) is 5.32 Å². The Morgan fingerprint density at radius 2 is 1.71 bits per heavy atom. The number of unbranched alkanes of at least 4 members (excludes halogenated alkanes) is 1. The van der Waals surface area contributed by atoms with Crippen LogP contribution in [0.1, 0.15) is 66.2 Å². The predicted molar refractivity (Wildman–Crippen MR) is 82.6 cm³/mol. The molecule has 6 heteroatoms. The molecule has 0 bridgehead atoms. The predicted octanol–water partition coefficient (Wildman–Crippen LogP) is 2.06. The summed E-state index contributed by atoms with van der Waals surface area (Å²) in [4.78, 5) is 33.6. The third-order valence-electron chi connectivity index (χ3n) is 3.06. The third kappa shape index (κ3) is 10.8. The maximum Gasteiger partial charge on any atom is 0.326 e. The zero-order valence-corrected chi connectivity index (χ0v) is 13.6. The second kappa shape index (κ2) is 13.4. The van der Waals surface area contributed by atoms with Gasteiger partial charge in [0.15, 0.2) is 0 Å². The number of primary amides is 1. The fourth-order valence-electron chi connectivity index (χ4n) is 1.80. The van der Waals surface area contributed by atoms with Crippen LogP contribution in [-0.4, -0.2) is 28.9 Å². The van der Waals surface area contributed by atoms with Gasteiger partial charge in [-0.05, 0) is 19.3 Å². The lowest BCUT2D eigenvalue weighted by Crippen LogP contribution is -2.44. The second-order valence-corrected chi connectivity index (χ2v) is 4.65. The average Bonchev–Trinajstić information content (AvgIpc) is 2.45. The molecule has 4 N–H and O–H groups in total. The van der Waals surface area contributed by atoms with E-state index in [1.54, 1.807) is 0 Å². The first-order valence-electron chi connectivity index (χ1n) is 7.73. The number of nitrogens with one attached hydrogen (secondary N) is 1. The number of carboxylic acid groups (broad SMARTS) is 1. The molecule has 0 aromatic carbocycles. The Morgan fingerprint density at radius 3 is 2.10 bits per heavy atom. The summed E-state index contributed by atoms with van der Waals surface area (Å²) in [7, 11) is 0. The van der Waals surface area contributed by atoms with Gasteiger partial charge < -0.3 is 16.2 Å². The van der Waals surface area contributed by atoms with E-state index in [2.05, 4.69) is 5.32 Å². The molecule has 2 atom stereocenters. The number of amides is 2.